The Hall–Kier alpha value is -4.00. The molecule has 0 radical (unpaired) electrons. The molecule has 0 aliphatic carbocycles. The summed E-state index contributed by atoms with van der Waals surface area (Å²) in [5.74, 6) is -0.313. The molecule has 0 saturated heterocycles. The Bertz CT molecular complexity index is 1350. The molecule has 4 aromatic rings. The molecule has 0 unspecified atom stereocenters. The number of benzene rings is 2. The highest BCUT2D eigenvalue weighted by molar-refractivity contribution is 6.09. The molecule has 0 aliphatic rings. The maximum absolute atomic E-state index is 12.9. The van der Waals surface area contributed by atoms with Crippen LogP contribution in [0.1, 0.15) is 10.4 Å². The van der Waals surface area contributed by atoms with E-state index in [0.29, 0.717) is 11.3 Å². The molecule has 7 nitrogen and oxygen atoms in total. The van der Waals surface area contributed by atoms with E-state index in [1.54, 1.807) is 19.2 Å². The fraction of sp³-hybridized carbons (Fsp3) is 0.0909. The summed E-state index contributed by atoms with van der Waals surface area (Å²) >= 11 is 0. The summed E-state index contributed by atoms with van der Waals surface area (Å²) in [6.45, 7) is 0. The summed E-state index contributed by atoms with van der Waals surface area (Å²) in [7, 11) is 2.96. The number of aryl methyl sites for hydroxylation is 1. The number of fused-ring (bicyclic) bond motifs is 1. The van der Waals surface area contributed by atoms with Crippen molar-refractivity contribution in [1.29, 1.82) is 0 Å². The first kappa shape index (κ1) is 18.4. The number of rotatable bonds is 3. The molecule has 0 saturated carbocycles. The maximum atomic E-state index is 12.9. The van der Waals surface area contributed by atoms with Crippen LogP contribution in [0.25, 0.3) is 22.2 Å². The van der Waals surface area contributed by atoms with Crippen LogP contribution in [0, 0.1) is 0 Å². The smallest absolute Gasteiger partial charge is 0.321 e. The Morgan fingerprint density at radius 3 is 2.38 bits per heavy atom. The van der Waals surface area contributed by atoms with Crippen molar-refractivity contribution in [2.45, 2.75) is 0 Å². The lowest BCUT2D eigenvalue weighted by Crippen LogP contribution is -2.37. The van der Waals surface area contributed by atoms with Crippen LogP contribution in [0.3, 0.4) is 0 Å². The highest BCUT2D eigenvalue weighted by Crippen LogP contribution is 2.24. The molecule has 1 N–H and O–H groups in total. The van der Waals surface area contributed by atoms with Crippen LogP contribution < -0.4 is 16.6 Å². The van der Waals surface area contributed by atoms with Gasteiger partial charge in [-0.1, -0.05) is 48.5 Å². The van der Waals surface area contributed by atoms with Crippen molar-refractivity contribution < 1.29 is 4.79 Å². The summed E-state index contributed by atoms with van der Waals surface area (Å²) in [6, 6.07) is 18.5. The molecule has 0 atom stereocenters. The number of carbonyl (C=O) groups is 1. The number of aromatic nitrogens is 3. The van der Waals surface area contributed by atoms with E-state index in [0.717, 1.165) is 15.7 Å². The third-order valence-corrected chi connectivity index (χ3v) is 4.81. The van der Waals surface area contributed by atoms with Crippen molar-refractivity contribution in [2.75, 3.05) is 5.32 Å². The van der Waals surface area contributed by atoms with E-state index < -0.39 is 11.2 Å². The lowest BCUT2D eigenvalue weighted by atomic mass is 9.99. The van der Waals surface area contributed by atoms with E-state index in [2.05, 4.69) is 10.3 Å². The van der Waals surface area contributed by atoms with Gasteiger partial charge in [0.15, 0.2) is 0 Å². The first-order chi connectivity index (χ1) is 14.0. The van der Waals surface area contributed by atoms with Gasteiger partial charge in [-0.3, -0.25) is 18.7 Å². The zero-order chi connectivity index (χ0) is 20.5. The highest BCUT2D eigenvalue weighted by atomic mass is 16.2. The Balaban J connectivity index is 1.74. The molecular weight excluding hydrogens is 368 g/mol. The number of nitrogens with one attached hydrogen (secondary N) is 1. The average molecular weight is 386 g/mol. The van der Waals surface area contributed by atoms with E-state index in [-0.39, 0.29) is 16.9 Å². The quantitative estimate of drug-likeness (QED) is 0.586. The van der Waals surface area contributed by atoms with Crippen LogP contribution in [-0.2, 0) is 14.1 Å². The molecule has 0 spiro atoms. The number of carbonyl (C=O) groups excluding carboxylic acids is 1. The summed E-state index contributed by atoms with van der Waals surface area (Å²) < 4.78 is 2.31. The Labute approximate surface area is 165 Å². The van der Waals surface area contributed by atoms with Gasteiger partial charge in [-0.2, -0.15) is 0 Å². The van der Waals surface area contributed by atoms with Crippen LogP contribution in [0.5, 0.6) is 0 Å². The van der Waals surface area contributed by atoms with Crippen LogP contribution in [0.2, 0.25) is 0 Å². The maximum Gasteiger partial charge on any atom is 0.332 e. The van der Waals surface area contributed by atoms with Gasteiger partial charge in [0.2, 0.25) is 0 Å². The molecule has 0 bridgehead atoms. The largest absolute Gasteiger partial charge is 0.332 e. The van der Waals surface area contributed by atoms with Crippen molar-refractivity contribution in [3.63, 3.8) is 0 Å². The van der Waals surface area contributed by atoms with E-state index in [9.17, 15) is 14.4 Å². The summed E-state index contributed by atoms with van der Waals surface area (Å²) in [5.41, 5.74) is 1.96. The highest BCUT2D eigenvalue weighted by Gasteiger charge is 2.15. The molecular formula is C22H18N4O3. The molecule has 2 aromatic heterocycles. The van der Waals surface area contributed by atoms with Crippen molar-refractivity contribution in [3.8, 4) is 11.1 Å². The van der Waals surface area contributed by atoms with E-state index in [4.69, 9.17) is 0 Å². The van der Waals surface area contributed by atoms with Crippen LogP contribution in [0.4, 0.5) is 5.69 Å². The summed E-state index contributed by atoms with van der Waals surface area (Å²) in [4.78, 5) is 41.6. The number of amides is 1. The second-order valence-corrected chi connectivity index (χ2v) is 6.67. The lowest BCUT2D eigenvalue weighted by molar-refractivity contribution is 0.102. The first-order valence-electron chi connectivity index (χ1n) is 8.99. The van der Waals surface area contributed by atoms with Crippen LogP contribution >= 0.6 is 0 Å². The zero-order valence-electron chi connectivity index (χ0n) is 15.9. The first-order valence-corrected chi connectivity index (χ1v) is 8.99. The average Bonchev–Trinajstić information content (AvgIpc) is 2.76. The molecule has 2 heterocycles. The minimum Gasteiger partial charge on any atom is -0.321 e. The van der Waals surface area contributed by atoms with E-state index in [1.165, 1.54) is 23.9 Å². The Kier molecular flexibility index (Phi) is 4.56. The molecule has 2 aromatic carbocycles. The monoisotopic (exact) mass is 386 g/mol. The summed E-state index contributed by atoms with van der Waals surface area (Å²) in [6.07, 6.45) is 1.43. The number of hydrogen-bond acceptors (Lipinski definition) is 4. The van der Waals surface area contributed by atoms with Gasteiger partial charge in [0.25, 0.3) is 11.5 Å². The molecule has 0 fully saturated rings. The number of anilines is 1. The fourth-order valence-electron chi connectivity index (χ4n) is 3.28. The van der Waals surface area contributed by atoms with E-state index >= 15 is 0 Å². The van der Waals surface area contributed by atoms with Crippen LogP contribution in [-0.4, -0.2) is 20.0 Å². The summed E-state index contributed by atoms with van der Waals surface area (Å²) in [5, 5.41) is 3.06. The van der Waals surface area contributed by atoms with Gasteiger partial charge in [-0.15, -0.1) is 0 Å². The van der Waals surface area contributed by atoms with Crippen molar-refractivity contribution in [3.05, 3.63) is 93.3 Å². The Morgan fingerprint density at radius 2 is 1.62 bits per heavy atom. The van der Waals surface area contributed by atoms with Gasteiger partial charge < -0.3 is 5.32 Å². The number of nitrogens with zero attached hydrogens (tertiary/aromatic N) is 3. The van der Waals surface area contributed by atoms with Gasteiger partial charge in [-0.05, 0) is 23.3 Å². The van der Waals surface area contributed by atoms with E-state index in [1.807, 2.05) is 42.5 Å². The third-order valence-electron chi connectivity index (χ3n) is 4.81. The topological polar surface area (TPSA) is 86.0 Å². The molecule has 0 aliphatic heterocycles. The zero-order valence-corrected chi connectivity index (χ0v) is 15.9. The minimum absolute atomic E-state index is 0.253. The SMILES string of the molecule is Cn1c(=O)c2cc(NC(=O)c3ccccc3-c3ccccc3)cnc2n(C)c1=O. The molecule has 144 valence electrons. The predicted molar refractivity (Wildman–Crippen MR) is 112 cm³/mol. The van der Waals surface area contributed by atoms with Crippen molar-refractivity contribution in [1.82, 2.24) is 14.1 Å². The standard InChI is InChI=1S/C22H18N4O3/c1-25-19-18(21(28)26(2)22(25)29)12-15(13-23-19)24-20(27)17-11-7-6-10-16(17)14-8-4-3-5-9-14/h3-13H,1-2H3,(H,24,27). The minimum atomic E-state index is -0.462. The number of pyridine rings is 1. The third kappa shape index (κ3) is 3.23. The van der Waals surface area contributed by atoms with Crippen LogP contribution in [0.15, 0.2) is 76.4 Å². The lowest BCUT2D eigenvalue weighted by Gasteiger charge is -2.11. The van der Waals surface area contributed by atoms with Gasteiger partial charge >= 0.3 is 5.69 Å². The second kappa shape index (κ2) is 7.20. The molecule has 7 heteroatoms. The molecule has 4 rings (SSSR count). The fourth-order valence-corrected chi connectivity index (χ4v) is 3.28. The molecule has 1 amide bonds. The number of hydrogen-bond donors (Lipinski definition) is 1. The predicted octanol–water partition coefficient (Wildman–Crippen LogP) is 2.55. The van der Waals surface area contributed by atoms with Gasteiger partial charge in [0.1, 0.15) is 5.65 Å². The van der Waals surface area contributed by atoms with Gasteiger partial charge in [-0.25, -0.2) is 9.78 Å². The Morgan fingerprint density at radius 1 is 0.931 bits per heavy atom. The second-order valence-electron chi connectivity index (χ2n) is 6.67. The molecule has 29 heavy (non-hydrogen) atoms. The van der Waals surface area contributed by atoms with Crippen molar-refractivity contribution in [2.24, 2.45) is 14.1 Å². The van der Waals surface area contributed by atoms with Gasteiger partial charge in [0, 0.05) is 19.7 Å². The van der Waals surface area contributed by atoms with Crippen molar-refractivity contribution >= 4 is 22.6 Å². The van der Waals surface area contributed by atoms with Gasteiger partial charge in [0.05, 0.1) is 17.3 Å². The normalized spacial score (nSPS) is 10.8.